The summed E-state index contributed by atoms with van der Waals surface area (Å²) in [4.78, 5) is 17.1. The van der Waals surface area contributed by atoms with Crippen LogP contribution in [-0.2, 0) is 7.05 Å². The lowest BCUT2D eigenvalue weighted by Crippen LogP contribution is -2.43. The number of rotatable bonds is 4. The average molecular weight is 333 g/mol. The number of aliphatic hydroxyl groups is 1. The lowest BCUT2D eigenvalue weighted by Gasteiger charge is -2.30. The molecule has 1 fully saturated rings. The van der Waals surface area contributed by atoms with Crippen LogP contribution in [0.1, 0.15) is 41.2 Å². The summed E-state index contributed by atoms with van der Waals surface area (Å²) in [6, 6.07) is 1.96. The van der Waals surface area contributed by atoms with E-state index in [1.807, 2.05) is 36.2 Å². The summed E-state index contributed by atoms with van der Waals surface area (Å²) >= 11 is 1.61. The molecule has 2 heterocycles. The minimum atomic E-state index is -0.0731. The Bertz CT molecular complexity index is 692. The van der Waals surface area contributed by atoms with Crippen molar-refractivity contribution in [3.63, 3.8) is 0 Å². The van der Waals surface area contributed by atoms with E-state index in [4.69, 9.17) is 0 Å². The quantitative estimate of drug-likeness (QED) is 0.904. The first-order valence-corrected chi connectivity index (χ1v) is 8.97. The van der Waals surface area contributed by atoms with Crippen LogP contribution in [0, 0.1) is 12.8 Å². The van der Waals surface area contributed by atoms with E-state index in [0.717, 1.165) is 41.9 Å². The summed E-state index contributed by atoms with van der Waals surface area (Å²) in [5.41, 5.74) is 2.50. The molecule has 2 unspecified atom stereocenters. The van der Waals surface area contributed by atoms with Gasteiger partial charge >= 0.3 is 0 Å². The molecular formula is C17H23N3O2S. The summed E-state index contributed by atoms with van der Waals surface area (Å²) in [6.45, 7) is 2.12. The number of carbonyl (C=O) groups excluding carboxylic acids is 1. The van der Waals surface area contributed by atoms with Crippen molar-refractivity contribution in [3.8, 4) is 11.3 Å². The van der Waals surface area contributed by atoms with Gasteiger partial charge in [-0.1, -0.05) is 12.8 Å². The fourth-order valence-electron chi connectivity index (χ4n) is 3.28. The molecule has 0 saturated heterocycles. The predicted molar refractivity (Wildman–Crippen MR) is 91.6 cm³/mol. The maximum Gasteiger partial charge on any atom is 0.268 e. The molecule has 124 valence electrons. The average Bonchev–Trinajstić information content (AvgIpc) is 3.13. The zero-order valence-corrected chi connectivity index (χ0v) is 14.4. The molecule has 0 spiro atoms. The Labute approximate surface area is 140 Å². The maximum absolute atomic E-state index is 12.6. The van der Waals surface area contributed by atoms with E-state index in [9.17, 15) is 9.90 Å². The monoisotopic (exact) mass is 333 g/mol. The van der Waals surface area contributed by atoms with E-state index in [0.29, 0.717) is 5.69 Å². The number of carbonyl (C=O) groups is 1. The van der Waals surface area contributed by atoms with Crippen molar-refractivity contribution in [1.82, 2.24) is 14.9 Å². The summed E-state index contributed by atoms with van der Waals surface area (Å²) in [6.07, 6.45) is 6.11. The molecule has 1 aliphatic carbocycles. The number of hydrogen-bond donors (Lipinski definition) is 2. The summed E-state index contributed by atoms with van der Waals surface area (Å²) in [5.74, 6) is 0.102. The van der Waals surface area contributed by atoms with Gasteiger partial charge in [0.05, 0.1) is 10.7 Å². The number of aliphatic hydroxyl groups excluding tert-OH is 1. The van der Waals surface area contributed by atoms with E-state index in [1.54, 1.807) is 11.3 Å². The van der Waals surface area contributed by atoms with Crippen LogP contribution >= 0.6 is 11.3 Å². The molecule has 1 amide bonds. The molecule has 1 aliphatic rings. The molecule has 0 bridgehead atoms. The second-order valence-corrected chi connectivity index (χ2v) is 7.35. The second-order valence-electron chi connectivity index (χ2n) is 6.28. The number of amides is 1. The van der Waals surface area contributed by atoms with Crippen molar-refractivity contribution < 1.29 is 9.90 Å². The topological polar surface area (TPSA) is 67.2 Å². The lowest BCUT2D eigenvalue weighted by molar-refractivity contribution is 0.0864. The Morgan fingerprint density at radius 3 is 2.96 bits per heavy atom. The van der Waals surface area contributed by atoms with Crippen LogP contribution in [0.3, 0.4) is 0 Å². The molecule has 0 aliphatic heterocycles. The van der Waals surface area contributed by atoms with E-state index in [-0.39, 0.29) is 24.5 Å². The Morgan fingerprint density at radius 2 is 2.26 bits per heavy atom. The normalized spacial score (nSPS) is 21.3. The zero-order valence-electron chi connectivity index (χ0n) is 13.6. The van der Waals surface area contributed by atoms with Crippen molar-refractivity contribution in [2.45, 2.75) is 38.6 Å². The van der Waals surface area contributed by atoms with Crippen LogP contribution in [0.25, 0.3) is 11.3 Å². The molecular weight excluding hydrogens is 310 g/mol. The largest absolute Gasteiger partial charge is 0.396 e. The van der Waals surface area contributed by atoms with Gasteiger partial charge in [0.1, 0.15) is 5.69 Å². The number of hydrogen-bond acceptors (Lipinski definition) is 4. The molecule has 2 N–H and O–H groups in total. The first-order chi connectivity index (χ1) is 11.1. The Hall–Kier alpha value is -1.66. The molecule has 2 aromatic rings. The molecule has 23 heavy (non-hydrogen) atoms. The number of nitrogens with one attached hydrogen (secondary N) is 1. The van der Waals surface area contributed by atoms with Gasteiger partial charge in [-0.15, -0.1) is 11.3 Å². The highest BCUT2D eigenvalue weighted by Crippen LogP contribution is 2.26. The summed E-state index contributed by atoms with van der Waals surface area (Å²) in [5, 5.41) is 15.6. The van der Waals surface area contributed by atoms with Crippen molar-refractivity contribution in [1.29, 1.82) is 0 Å². The minimum absolute atomic E-state index is 0.0705. The molecule has 2 atom stereocenters. The number of aromatic nitrogens is 2. The van der Waals surface area contributed by atoms with Gasteiger partial charge in [0, 0.05) is 42.8 Å². The molecule has 0 aromatic carbocycles. The second kappa shape index (κ2) is 6.84. The van der Waals surface area contributed by atoms with Crippen molar-refractivity contribution >= 4 is 17.2 Å². The highest BCUT2D eigenvalue weighted by Gasteiger charge is 2.27. The van der Waals surface area contributed by atoms with E-state index >= 15 is 0 Å². The summed E-state index contributed by atoms with van der Waals surface area (Å²) < 4.78 is 1.84. The van der Waals surface area contributed by atoms with Gasteiger partial charge < -0.3 is 15.0 Å². The highest BCUT2D eigenvalue weighted by atomic mass is 32.1. The standard InChI is InChI=1S/C17H23N3O2S/c1-11-18-15(10-23-11)13-7-16(20(2)8-13)17(22)19-14-6-4-3-5-12(14)9-21/h7-8,10,12,14,21H,3-6,9H2,1-2H3,(H,19,22). The fraction of sp³-hybridized carbons (Fsp3) is 0.529. The van der Waals surface area contributed by atoms with Crippen LogP contribution in [-0.4, -0.2) is 33.2 Å². The minimum Gasteiger partial charge on any atom is -0.396 e. The molecule has 6 heteroatoms. The van der Waals surface area contributed by atoms with Gasteiger partial charge in [-0.3, -0.25) is 4.79 Å². The fourth-order valence-corrected chi connectivity index (χ4v) is 3.91. The Morgan fingerprint density at radius 1 is 1.48 bits per heavy atom. The van der Waals surface area contributed by atoms with Crippen LogP contribution in [0.4, 0.5) is 0 Å². The van der Waals surface area contributed by atoms with Crippen LogP contribution in [0.2, 0.25) is 0 Å². The van der Waals surface area contributed by atoms with Gasteiger partial charge in [-0.25, -0.2) is 4.98 Å². The number of thiazole rings is 1. The molecule has 5 nitrogen and oxygen atoms in total. The summed E-state index contributed by atoms with van der Waals surface area (Å²) in [7, 11) is 1.88. The number of nitrogens with zero attached hydrogens (tertiary/aromatic N) is 2. The van der Waals surface area contributed by atoms with Crippen molar-refractivity contribution in [2.24, 2.45) is 13.0 Å². The lowest BCUT2D eigenvalue weighted by atomic mass is 9.85. The van der Waals surface area contributed by atoms with E-state index < -0.39 is 0 Å². The SMILES string of the molecule is Cc1nc(-c2cc(C(=O)NC3CCCCC3CO)n(C)c2)cs1. The third-order valence-corrected chi connectivity index (χ3v) is 5.39. The van der Waals surface area contributed by atoms with Crippen molar-refractivity contribution in [3.05, 3.63) is 28.3 Å². The van der Waals surface area contributed by atoms with Gasteiger partial charge in [-0.2, -0.15) is 0 Å². The van der Waals surface area contributed by atoms with E-state index in [1.165, 1.54) is 0 Å². The molecule has 3 rings (SSSR count). The first-order valence-electron chi connectivity index (χ1n) is 8.09. The Balaban J connectivity index is 1.76. The smallest absolute Gasteiger partial charge is 0.268 e. The number of aryl methyl sites for hydroxylation is 2. The van der Waals surface area contributed by atoms with E-state index in [2.05, 4.69) is 10.3 Å². The van der Waals surface area contributed by atoms with Crippen molar-refractivity contribution in [2.75, 3.05) is 6.61 Å². The molecule has 1 saturated carbocycles. The van der Waals surface area contributed by atoms with Crippen LogP contribution in [0.15, 0.2) is 17.6 Å². The maximum atomic E-state index is 12.6. The third-order valence-electron chi connectivity index (χ3n) is 4.61. The third kappa shape index (κ3) is 3.48. The van der Waals surface area contributed by atoms with Crippen LogP contribution < -0.4 is 5.32 Å². The van der Waals surface area contributed by atoms with Crippen LogP contribution in [0.5, 0.6) is 0 Å². The van der Waals surface area contributed by atoms with Gasteiger partial charge in [0.25, 0.3) is 5.91 Å². The van der Waals surface area contributed by atoms with Gasteiger partial charge in [0.2, 0.25) is 0 Å². The first kappa shape index (κ1) is 16.2. The van der Waals surface area contributed by atoms with Gasteiger partial charge in [0.15, 0.2) is 0 Å². The Kier molecular flexibility index (Phi) is 4.82. The molecule has 2 aromatic heterocycles. The highest BCUT2D eigenvalue weighted by molar-refractivity contribution is 7.09. The molecule has 0 radical (unpaired) electrons. The zero-order chi connectivity index (χ0) is 16.4. The van der Waals surface area contributed by atoms with Gasteiger partial charge in [-0.05, 0) is 25.8 Å². The predicted octanol–water partition coefficient (Wildman–Crippen LogP) is 2.74.